The zero-order valence-electron chi connectivity index (χ0n) is 8.54. The molecule has 1 aliphatic rings. The van der Waals surface area contributed by atoms with Crippen molar-refractivity contribution >= 4 is 5.78 Å². The van der Waals surface area contributed by atoms with E-state index < -0.39 is 0 Å². The lowest BCUT2D eigenvalue weighted by Crippen LogP contribution is -2.24. The number of rotatable bonds is 2. The molecule has 0 amide bonds. The highest BCUT2D eigenvalue weighted by atomic mass is 16.5. The summed E-state index contributed by atoms with van der Waals surface area (Å²) in [5, 5.41) is 0. The van der Waals surface area contributed by atoms with Crippen LogP contribution in [0.5, 0.6) is 5.75 Å². The minimum Gasteiger partial charge on any atom is -0.482 e. The minimum absolute atomic E-state index is 0.193. The molecule has 1 aromatic carbocycles. The van der Waals surface area contributed by atoms with Crippen molar-refractivity contribution in [3.8, 4) is 5.75 Å². The fraction of sp³-hybridized carbons (Fsp3) is 0.417. The van der Waals surface area contributed by atoms with Gasteiger partial charge in [0, 0.05) is 12.8 Å². The van der Waals surface area contributed by atoms with Gasteiger partial charge in [-0.15, -0.1) is 0 Å². The Labute approximate surface area is 83.9 Å². The number of ketones is 1. The lowest BCUT2D eigenvalue weighted by Gasteiger charge is -2.06. The third-order valence-electron chi connectivity index (χ3n) is 2.60. The number of hydrogen-bond donors (Lipinski definition) is 0. The first-order valence-electron chi connectivity index (χ1n) is 4.99. The van der Waals surface area contributed by atoms with Crippen molar-refractivity contribution in [1.29, 1.82) is 0 Å². The maximum Gasteiger partial charge on any atom is 0.173 e. The van der Waals surface area contributed by atoms with Crippen LogP contribution in [0.1, 0.15) is 24.5 Å². The molecule has 0 bridgehead atoms. The van der Waals surface area contributed by atoms with Gasteiger partial charge in [-0.1, -0.05) is 24.6 Å². The van der Waals surface area contributed by atoms with Crippen LogP contribution >= 0.6 is 0 Å². The summed E-state index contributed by atoms with van der Waals surface area (Å²) >= 11 is 0. The van der Waals surface area contributed by atoms with E-state index in [1.54, 1.807) is 0 Å². The summed E-state index contributed by atoms with van der Waals surface area (Å²) in [6.07, 6.45) is 1.05. The third-order valence-corrected chi connectivity index (χ3v) is 2.60. The van der Waals surface area contributed by atoms with Crippen LogP contribution in [0.2, 0.25) is 0 Å². The van der Waals surface area contributed by atoms with Gasteiger partial charge in [-0.05, 0) is 18.6 Å². The summed E-state index contributed by atoms with van der Waals surface area (Å²) < 4.78 is 5.57. The Balaban J connectivity index is 2.22. The summed E-state index contributed by atoms with van der Waals surface area (Å²) in [6.45, 7) is 3.93. The number of fused-ring (bicyclic) bond motifs is 1. The van der Waals surface area contributed by atoms with Gasteiger partial charge in [0.25, 0.3) is 0 Å². The molecular weight excluding hydrogens is 176 g/mol. The topological polar surface area (TPSA) is 26.3 Å². The van der Waals surface area contributed by atoms with Crippen LogP contribution in [0.3, 0.4) is 0 Å². The first-order chi connectivity index (χ1) is 6.70. The highest BCUT2D eigenvalue weighted by Crippen LogP contribution is 2.29. The summed E-state index contributed by atoms with van der Waals surface area (Å²) in [7, 11) is 0. The van der Waals surface area contributed by atoms with Gasteiger partial charge in [-0.25, -0.2) is 0 Å². The van der Waals surface area contributed by atoms with Crippen molar-refractivity contribution in [1.82, 2.24) is 0 Å². The number of benzene rings is 1. The van der Waals surface area contributed by atoms with Crippen LogP contribution in [-0.4, -0.2) is 11.9 Å². The molecule has 2 heteroatoms. The van der Waals surface area contributed by atoms with E-state index in [1.807, 2.05) is 19.1 Å². The first kappa shape index (κ1) is 9.25. The number of aryl methyl sites for hydroxylation is 1. The smallest absolute Gasteiger partial charge is 0.173 e. The maximum absolute atomic E-state index is 11.4. The Morgan fingerprint density at radius 3 is 3.07 bits per heavy atom. The van der Waals surface area contributed by atoms with Crippen LogP contribution in [-0.2, 0) is 11.2 Å². The van der Waals surface area contributed by atoms with Crippen molar-refractivity contribution in [2.24, 2.45) is 0 Å². The number of carbonyl (C=O) groups excluding carboxylic acids is 1. The normalized spacial score (nSPS) is 18.9. The number of ether oxygens (including phenoxy) is 1. The van der Waals surface area contributed by atoms with Gasteiger partial charge in [0.05, 0.1) is 0 Å². The summed E-state index contributed by atoms with van der Waals surface area (Å²) in [4.78, 5) is 11.4. The van der Waals surface area contributed by atoms with Crippen molar-refractivity contribution in [2.75, 3.05) is 0 Å². The summed E-state index contributed by atoms with van der Waals surface area (Å²) in [5.74, 6) is 1.07. The molecule has 2 nitrogen and oxygen atoms in total. The zero-order chi connectivity index (χ0) is 10.1. The molecule has 1 aliphatic heterocycles. The molecule has 74 valence electrons. The van der Waals surface area contributed by atoms with E-state index in [-0.39, 0.29) is 11.9 Å². The number of carbonyl (C=O) groups is 1. The molecule has 0 saturated heterocycles. The monoisotopic (exact) mass is 190 g/mol. The van der Waals surface area contributed by atoms with Gasteiger partial charge >= 0.3 is 0 Å². The molecule has 1 atom stereocenters. The molecule has 0 radical (unpaired) electrons. The van der Waals surface area contributed by atoms with Crippen LogP contribution < -0.4 is 4.74 Å². The Bertz CT molecular complexity index is 369. The molecular formula is C12H14O2. The number of hydrogen-bond acceptors (Lipinski definition) is 2. The van der Waals surface area contributed by atoms with Crippen LogP contribution in [0.4, 0.5) is 0 Å². The first-order valence-corrected chi connectivity index (χ1v) is 4.99. The Morgan fingerprint density at radius 1 is 1.57 bits per heavy atom. The van der Waals surface area contributed by atoms with Gasteiger partial charge in [-0.2, -0.15) is 0 Å². The highest BCUT2D eigenvalue weighted by molar-refractivity contribution is 5.84. The van der Waals surface area contributed by atoms with E-state index in [9.17, 15) is 4.79 Å². The van der Waals surface area contributed by atoms with E-state index in [0.29, 0.717) is 6.42 Å². The SMILES string of the molecule is CCC(=O)C1Cc2cc(C)ccc2O1. The maximum atomic E-state index is 11.4. The van der Waals surface area contributed by atoms with Crippen LogP contribution in [0.15, 0.2) is 18.2 Å². The molecule has 2 rings (SSSR count). The van der Waals surface area contributed by atoms with E-state index in [0.717, 1.165) is 17.7 Å². The highest BCUT2D eigenvalue weighted by Gasteiger charge is 2.27. The van der Waals surface area contributed by atoms with Gasteiger partial charge in [0.2, 0.25) is 0 Å². The Hall–Kier alpha value is -1.31. The summed E-state index contributed by atoms with van der Waals surface area (Å²) in [6, 6.07) is 6.06. The second kappa shape index (κ2) is 3.45. The average Bonchev–Trinajstić information content (AvgIpc) is 2.59. The quantitative estimate of drug-likeness (QED) is 0.715. The summed E-state index contributed by atoms with van der Waals surface area (Å²) in [5.41, 5.74) is 2.38. The van der Waals surface area contributed by atoms with Gasteiger partial charge in [-0.3, -0.25) is 4.79 Å². The zero-order valence-corrected chi connectivity index (χ0v) is 8.54. The fourth-order valence-electron chi connectivity index (χ4n) is 1.78. The van der Waals surface area contributed by atoms with Crippen LogP contribution in [0, 0.1) is 6.92 Å². The molecule has 0 saturated carbocycles. The molecule has 1 heterocycles. The molecule has 1 unspecified atom stereocenters. The second-order valence-electron chi connectivity index (χ2n) is 3.74. The van der Waals surface area contributed by atoms with Crippen molar-refractivity contribution in [3.05, 3.63) is 29.3 Å². The Kier molecular flexibility index (Phi) is 2.28. The van der Waals surface area contributed by atoms with Crippen molar-refractivity contribution in [3.63, 3.8) is 0 Å². The van der Waals surface area contributed by atoms with Crippen molar-refractivity contribution in [2.45, 2.75) is 32.8 Å². The lowest BCUT2D eigenvalue weighted by molar-refractivity contribution is -0.124. The fourth-order valence-corrected chi connectivity index (χ4v) is 1.78. The molecule has 0 aromatic heterocycles. The van der Waals surface area contributed by atoms with Gasteiger partial charge in [0.1, 0.15) is 5.75 Å². The molecule has 1 aromatic rings. The second-order valence-corrected chi connectivity index (χ2v) is 3.74. The standard InChI is InChI=1S/C12H14O2/c1-3-10(13)12-7-9-6-8(2)4-5-11(9)14-12/h4-6,12H,3,7H2,1-2H3. The van der Waals surface area contributed by atoms with E-state index >= 15 is 0 Å². The predicted molar refractivity (Wildman–Crippen MR) is 54.6 cm³/mol. The van der Waals surface area contributed by atoms with E-state index in [1.165, 1.54) is 5.56 Å². The lowest BCUT2D eigenvalue weighted by atomic mass is 10.0. The van der Waals surface area contributed by atoms with Gasteiger partial charge in [0.15, 0.2) is 11.9 Å². The number of Topliss-reactive ketones (excluding diaryl/α,β-unsaturated/α-hetero) is 1. The molecule has 0 N–H and O–H groups in total. The largest absolute Gasteiger partial charge is 0.482 e. The molecule has 0 spiro atoms. The minimum atomic E-state index is -0.239. The van der Waals surface area contributed by atoms with Gasteiger partial charge < -0.3 is 4.74 Å². The third kappa shape index (κ3) is 1.52. The predicted octanol–water partition coefficient (Wildman–Crippen LogP) is 2.28. The molecule has 14 heavy (non-hydrogen) atoms. The Morgan fingerprint density at radius 2 is 2.36 bits per heavy atom. The molecule has 0 fully saturated rings. The average molecular weight is 190 g/mol. The van der Waals surface area contributed by atoms with Crippen molar-refractivity contribution < 1.29 is 9.53 Å². The molecule has 0 aliphatic carbocycles. The van der Waals surface area contributed by atoms with E-state index in [2.05, 4.69) is 13.0 Å². The van der Waals surface area contributed by atoms with Crippen LogP contribution in [0.25, 0.3) is 0 Å². The van der Waals surface area contributed by atoms with E-state index in [4.69, 9.17) is 4.74 Å².